The Morgan fingerprint density at radius 1 is 0.729 bits per heavy atom. The Hall–Kier alpha value is -2.62. The summed E-state index contributed by atoms with van der Waals surface area (Å²) < 4.78 is 22.5. The molecule has 0 bridgehead atoms. The molecule has 2 fully saturated rings. The maximum atomic E-state index is 13.1. The van der Waals surface area contributed by atoms with E-state index in [4.69, 9.17) is 23.8 Å². The van der Waals surface area contributed by atoms with Gasteiger partial charge in [0, 0.05) is 38.1 Å². The minimum absolute atomic E-state index is 0.00856. The number of ether oxygens (including phenoxy) is 4. The first-order valence-corrected chi connectivity index (χ1v) is 16.2. The van der Waals surface area contributed by atoms with E-state index < -0.39 is 85.7 Å². The molecular formula is C30H50N2O16. The van der Waals surface area contributed by atoms with Crippen molar-refractivity contribution in [2.24, 2.45) is 0 Å². The highest BCUT2D eigenvalue weighted by Crippen LogP contribution is 2.24. The van der Waals surface area contributed by atoms with E-state index in [1.165, 1.54) is 24.0 Å². The zero-order valence-electron chi connectivity index (χ0n) is 26.9. The van der Waals surface area contributed by atoms with Crippen LogP contribution in [0.4, 0.5) is 0 Å². The van der Waals surface area contributed by atoms with Crippen LogP contribution in [0.3, 0.4) is 0 Å². The second kappa shape index (κ2) is 19.5. The number of rotatable bonds is 19. The minimum Gasteiger partial charge on any atom is -0.492 e. The van der Waals surface area contributed by atoms with Gasteiger partial charge in [-0.25, -0.2) is 4.79 Å². The summed E-state index contributed by atoms with van der Waals surface area (Å²) in [7, 11) is 0. The fourth-order valence-corrected chi connectivity index (χ4v) is 5.33. The van der Waals surface area contributed by atoms with Crippen LogP contribution >= 0.6 is 0 Å². The van der Waals surface area contributed by atoms with E-state index in [1.807, 2.05) is 0 Å². The summed E-state index contributed by atoms with van der Waals surface area (Å²) in [6.45, 7) is 1.14. The molecule has 1 aromatic rings. The molecule has 10 atom stereocenters. The van der Waals surface area contributed by atoms with Crippen LogP contribution < -0.4 is 4.84 Å². The number of aromatic nitrogens is 1. The van der Waals surface area contributed by atoms with Crippen molar-refractivity contribution in [1.82, 2.24) is 9.63 Å². The fraction of sp³-hybridized carbons (Fsp3) is 0.800. The zero-order valence-corrected chi connectivity index (χ0v) is 26.9. The lowest BCUT2D eigenvalue weighted by molar-refractivity contribution is -0.301. The Morgan fingerprint density at radius 2 is 1.29 bits per heavy atom. The number of hydrogen-bond donors (Lipinski definition) is 9. The van der Waals surface area contributed by atoms with Crippen molar-refractivity contribution in [2.45, 2.75) is 120 Å². The molecule has 276 valence electrons. The number of hydrogen-bond acceptors (Lipinski definition) is 16. The normalized spacial score (nSPS) is 30.7. The molecule has 2 aliphatic rings. The highest BCUT2D eigenvalue weighted by Gasteiger charge is 2.44. The second-order valence-corrected chi connectivity index (χ2v) is 11.9. The van der Waals surface area contributed by atoms with Crippen molar-refractivity contribution >= 4 is 11.9 Å². The summed E-state index contributed by atoms with van der Waals surface area (Å²) in [6.07, 6.45) is -9.63. The van der Waals surface area contributed by atoms with E-state index >= 15 is 0 Å². The van der Waals surface area contributed by atoms with E-state index in [1.54, 1.807) is 0 Å². The molecule has 48 heavy (non-hydrogen) atoms. The number of aliphatic hydroxyl groups is 7. The molecule has 18 nitrogen and oxygen atoms in total. The van der Waals surface area contributed by atoms with Gasteiger partial charge in [0.25, 0.3) is 0 Å². The summed E-state index contributed by atoms with van der Waals surface area (Å²) in [5.41, 5.74) is 0. The summed E-state index contributed by atoms with van der Waals surface area (Å²) in [6, 6.07) is 2.37. The van der Waals surface area contributed by atoms with Crippen molar-refractivity contribution in [3.63, 3.8) is 0 Å². The minimum atomic E-state index is -1.58. The Morgan fingerprint density at radius 3 is 1.94 bits per heavy atom. The molecule has 3 rings (SSSR count). The van der Waals surface area contributed by atoms with Crippen LogP contribution in [0, 0.1) is 0 Å². The fourth-order valence-electron chi connectivity index (χ4n) is 5.33. The monoisotopic (exact) mass is 694 g/mol. The molecule has 0 unspecified atom stereocenters. The van der Waals surface area contributed by atoms with Gasteiger partial charge >= 0.3 is 5.97 Å². The smallest absolute Gasteiger partial charge is 0.333 e. The maximum Gasteiger partial charge on any atom is 0.333 e. The molecule has 0 saturated carbocycles. The van der Waals surface area contributed by atoms with Gasteiger partial charge in [-0.2, -0.15) is 0 Å². The first-order valence-electron chi connectivity index (χ1n) is 16.2. The first kappa shape index (κ1) is 39.8. The lowest BCUT2D eigenvalue weighted by Gasteiger charge is -2.39. The number of amides is 1. The van der Waals surface area contributed by atoms with Gasteiger partial charge in [-0.3, -0.25) is 4.79 Å². The lowest BCUT2D eigenvalue weighted by Crippen LogP contribution is -2.59. The van der Waals surface area contributed by atoms with Crippen LogP contribution in [0.5, 0.6) is 11.8 Å². The predicted octanol–water partition coefficient (Wildman–Crippen LogP) is -2.54. The largest absolute Gasteiger partial charge is 0.492 e. The summed E-state index contributed by atoms with van der Waals surface area (Å²) >= 11 is 0. The van der Waals surface area contributed by atoms with Crippen LogP contribution in [0.2, 0.25) is 0 Å². The molecule has 2 saturated heterocycles. The molecule has 0 aromatic carbocycles. The van der Waals surface area contributed by atoms with E-state index in [2.05, 4.69) is 0 Å². The average molecular weight is 695 g/mol. The SMILES string of the molecule is C[C@@H]1O[C@@H](OCCN(CCCO[C@H]2O[C@H](CO)[C@@H](O)[C@H](O)[C@@H]2O)C(=O)CCCCCCCC(=O)On2c(O)ccc2O)[C@@H](O)[C@H](O)[C@@H]1O. The Labute approximate surface area is 277 Å². The zero-order chi connectivity index (χ0) is 35.4. The van der Waals surface area contributed by atoms with Gasteiger partial charge in [0.2, 0.25) is 17.7 Å². The third kappa shape index (κ3) is 11.2. The maximum absolute atomic E-state index is 13.1. The average Bonchev–Trinajstić information content (AvgIpc) is 3.38. The highest BCUT2D eigenvalue weighted by molar-refractivity contribution is 5.76. The quantitative estimate of drug-likeness (QED) is 0.0675. The molecule has 2 aliphatic heterocycles. The van der Waals surface area contributed by atoms with Gasteiger partial charge in [-0.15, -0.1) is 4.73 Å². The number of aromatic hydroxyl groups is 2. The van der Waals surface area contributed by atoms with Crippen LogP contribution in [0.25, 0.3) is 0 Å². The van der Waals surface area contributed by atoms with Crippen LogP contribution in [0.1, 0.15) is 58.3 Å². The molecule has 18 heteroatoms. The molecule has 1 amide bonds. The van der Waals surface area contributed by atoms with Crippen molar-refractivity contribution < 1.29 is 79.3 Å². The van der Waals surface area contributed by atoms with Crippen molar-refractivity contribution in [3.8, 4) is 11.8 Å². The van der Waals surface area contributed by atoms with Gasteiger partial charge in [0.05, 0.1) is 25.9 Å². The molecule has 9 N–H and O–H groups in total. The highest BCUT2D eigenvalue weighted by atomic mass is 16.7. The van der Waals surface area contributed by atoms with E-state index in [0.29, 0.717) is 30.4 Å². The molecule has 1 aromatic heterocycles. The van der Waals surface area contributed by atoms with E-state index in [0.717, 1.165) is 6.42 Å². The van der Waals surface area contributed by atoms with Gasteiger partial charge in [0.15, 0.2) is 12.6 Å². The molecule has 3 heterocycles. The third-order valence-corrected chi connectivity index (χ3v) is 8.27. The van der Waals surface area contributed by atoms with E-state index in [-0.39, 0.29) is 51.5 Å². The number of unbranched alkanes of at least 4 members (excludes halogenated alkanes) is 4. The number of nitrogens with zero attached hydrogens (tertiary/aromatic N) is 2. The Bertz CT molecular complexity index is 1100. The number of carbonyl (C=O) groups excluding carboxylic acids is 2. The molecule has 0 radical (unpaired) electrons. The van der Waals surface area contributed by atoms with Gasteiger partial charge < -0.3 is 74.6 Å². The van der Waals surface area contributed by atoms with E-state index in [9.17, 15) is 55.5 Å². The number of aliphatic hydroxyl groups excluding tert-OH is 7. The molecular weight excluding hydrogens is 644 g/mol. The number of carbonyl (C=O) groups is 2. The molecule has 0 aliphatic carbocycles. The van der Waals surface area contributed by atoms with Crippen LogP contribution in [0.15, 0.2) is 12.1 Å². The van der Waals surface area contributed by atoms with Crippen molar-refractivity contribution in [1.29, 1.82) is 0 Å². The van der Waals surface area contributed by atoms with Gasteiger partial charge in [-0.1, -0.05) is 19.3 Å². The van der Waals surface area contributed by atoms with Crippen LogP contribution in [-0.4, -0.2) is 162 Å². The van der Waals surface area contributed by atoms with Crippen LogP contribution in [-0.2, 0) is 28.5 Å². The topological polar surface area (TPSA) is 271 Å². The lowest BCUT2D eigenvalue weighted by atomic mass is 9.99. The first-order chi connectivity index (χ1) is 22.8. The Kier molecular flexibility index (Phi) is 16.2. The van der Waals surface area contributed by atoms with Gasteiger partial charge in [0.1, 0.15) is 42.7 Å². The summed E-state index contributed by atoms with van der Waals surface area (Å²) in [5, 5.41) is 88.7. The van der Waals surface area contributed by atoms with Crippen molar-refractivity contribution in [3.05, 3.63) is 12.1 Å². The summed E-state index contributed by atoms with van der Waals surface area (Å²) in [4.78, 5) is 31.5. The molecule has 0 spiro atoms. The van der Waals surface area contributed by atoms with Crippen molar-refractivity contribution in [2.75, 3.05) is 32.9 Å². The second-order valence-electron chi connectivity index (χ2n) is 11.9. The third-order valence-electron chi connectivity index (χ3n) is 8.27. The summed E-state index contributed by atoms with van der Waals surface area (Å²) in [5.74, 6) is -1.62. The standard InChI is InChI=1S/C30H50N2O16/c1-17-23(38)25(40)27(42)29(46-17)45-15-13-31(12-7-14-44-30-28(43)26(41)24(39)18(16-33)47-30)19(34)8-5-3-2-4-6-9-22(37)48-32-20(35)10-11-21(32)36/h10-11,17-18,23-30,33,35-36,38-43H,2-9,12-16H2,1H3/t17-,18+,23+,24+,25+,26-,27-,28-,29+,30-/m0/s1. The predicted molar refractivity (Wildman–Crippen MR) is 161 cm³/mol. The Balaban J connectivity index is 1.42. The van der Waals surface area contributed by atoms with Gasteiger partial charge in [-0.05, 0) is 26.2 Å².